The van der Waals surface area contributed by atoms with Crippen LogP contribution in [-0.2, 0) is 6.54 Å². The van der Waals surface area contributed by atoms with Crippen molar-refractivity contribution in [3.8, 4) is 11.8 Å². The van der Waals surface area contributed by atoms with Gasteiger partial charge in [0.05, 0.1) is 18.7 Å². The normalized spacial score (nSPS) is 16.3. The van der Waals surface area contributed by atoms with E-state index in [0.717, 1.165) is 11.6 Å². The Kier molecular flexibility index (Phi) is 3.47. The molecule has 0 spiro atoms. The van der Waals surface area contributed by atoms with Crippen LogP contribution in [-0.4, -0.2) is 22.9 Å². The lowest BCUT2D eigenvalue weighted by molar-refractivity contribution is 0.0741. The molecule has 0 saturated carbocycles. The van der Waals surface area contributed by atoms with Crippen molar-refractivity contribution in [3.05, 3.63) is 59.2 Å². The van der Waals surface area contributed by atoms with E-state index < -0.39 is 17.8 Å². The van der Waals surface area contributed by atoms with E-state index in [1.54, 1.807) is 24.5 Å². The van der Waals surface area contributed by atoms with Gasteiger partial charge in [0, 0.05) is 30.6 Å². The topological polar surface area (TPSA) is 66.2 Å². The molecular weight excluding hydrogens is 285 g/mol. The molecule has 1 aromatic carbocycles. The Bertz CT molecular complexity index is 771. The highest BCUT2D eigenvalue weighted by atomic mass is 19.1. The van der Waals surface area contributed by atoms with Crippen LogP contribution in [0.25, 0.3) is 0 Å². The zero-order valence-corrected chi connectivity index (χ0v) is 11.8. The summed E-state index contributed by atoms with van der Waals surface area (Å²) in [5, 5.41) is 9.41. The van der Waals surface area contributed by atoms with E-state index in [9.17, 15) is 14.4 Å². The minimum absolute atomic E-state index is 0.0590. The van der Waals surface area contributed by atoms with Crippen molar-refractivity contribution < 1.29 is 13.9 Å². The molecule has 110 valence electrons. The van der Waals surface area contributed by atoms with Crippen molar-refractivity contribution in [2.24, 2.45) is 0 Å². The minimum atomic E-state index is -0.840. The van der Waals surface area contributed by atoms with Gasteiger partial charge in [-0.05, 0) is 17.7 Å². The largest absolute Gasteiger partial charge is 0.497 e. The summed E-state index contributed by atoms with van der Waals surface area (Å²) in [6.45, 7) is 0.196. The number of hydrogen-bond acceptors (Lipinski definition) is 4. The number of fused-ring (bicyclic) bond motifs is 1. The number of rotatable bonds is 3. The number of amides is 1. The monoisotopic (exact) mass is 297 g/mol. The van der Waals surface area contributed by atoms with Crippen LogP contribution >= 0.6 is 0 Å². The maximum absolute atomic E-state index is 14.2. The number of pyridine rings is 1. The van der Waals surface area contributed by atoms with Crippen molar-refractivity contribution in [3.63, 3.8) is 0 Å². The highest BCUT2D eigenvalue weighted by Gasteiger charge is 2.39. The maximum atomic E-state index is 14.2. The standard InChI is InChI=1S/C16H12FN3O2/c1-22-11-5-12-14(7-18)20(9-10-3-2-4-19-8-10)16(21)15(12)13(17)6-11/h2-6,8,14H,9H2,1H3. The third-order valence-corrected chi connectivity index (χ3v) is 3.61. The predicted octanol–water partition coefficient (Wildman–Crippen LogP) is 2.45. The van der Waals surface area contributed by atoms with E-state index in [2.05, 4.69) is 11.1 Å². The summed E-state index contributed by atoms with van der Waals surface area (Å²) in [7, 11) is 1.41. The minimum Gasteiger partial charge on any atom is -0.497 e. The second kappa shape index (κ2) is 5.45. The number of nitriles is 1. The summed E-state index contributed by atoms with van der Waals surface area (Å²) < 4.78 is 19.2. The quantitative estimate of drug-likeness (QED) is 0.872. The van der Waals surface area contributed by atoms with Gasteiger partial charge in [0.2, 0.25) is 0 Å². The highest BCUT2D eigenvalue weighted by molar-refractivity contribution is 6.00. The van der Waals surface area contributed by atoms with Crippen LogP contribution in [0.2, 0.25) is 0 Å². The number of benzene rings is 1. The van der Waals surface area contributed by atoms with Crippen molar-refractivity contribution in [2.75, 3.05) is 7.11 Å². The third-order valence-electron chi connectivity index (χ3n) is 3.61. The van der Waals surface area contributed by atoms with Crippen LogP contribution in [0.5, 0.6) is 5.75 Å². The summed E-state index contributed by atoms with van der Waals surface area (Å²) in [4.78, 5) is 17.8. The molecule has 0 radical (unpaired) electrons. The van der Waals surface area contributed by atoms with E-state index in [4.69, 9.17) is 4.74 Å². The first-order valence-corrected chi connectivity index (χ1v) is 6.62. The first kappa shape index (κ1) is 14.0. The van der Waals surface area contributed by atoms with Crippen LogP contribution in [0.15, 0.2) is 36.7 Å². The maximum Gasteiger partial charge on any atom is 0.258 e. The first-order valence-electron chi connectivity index (χ1n) is 6.62. The second-order valence-corrected chi connectivity index (χ2v) is 4.90. The molecule has 1 atom stereocenters. The SMILES string of the molecule is COc1cc(F)c2c(c1)C(C#N)N(Cc1cccnc1)C2=O. The van der Waals surface area contributed by atoms with Gasteiger partial charge in [-0.25, -0.2) is 4.39 Å². The Labute approximate surface area is 126 Å². The number of methoxy groups -OCH3 is 1. The van der Waals surface area contributed by atoms with Gasteiger partial charge in [0.25, 0.3) is 5.91 Å². The summed E-state index contributed by atoms with van der Waals surface area (Å²) in [5.41, 5.74) is 1.06. The zero-order valence-electron chi connectivity index (χ0n) is 11.8. The second-order valence-electron chi connectivity index (χ2n) is 4.90. The number of halogens is 1. The highest BCUT2D eigenvalue weighted by Crippen LogP contribution is 2.38. The molecule has 1 aliphatic heterocycles. The molecule has 2 aromatic rings. The predicted molar refractivity (Wildman–Crippen MR) is 75.4 cm³/mol. The molecule has 0 N–H and O–H groups in total. The fraction of sp³-hybridized carbons (Fsp3) is 0.188. The number of aromatic nitrogens is 1. The molecule has 0 bridgehead atoms. The van der Waals surface area contributed by atoms with Crippen molar-refractivity contribution in [1.29, 1.82) is 5.26 Å². The Morgan fingerprint density at radius 1 is 1.50 bits per heavy atom. The van der Waals surface area contributed by atoms with Crippen LogP contribution < -0.4 is 4.74 Å². The first-order chi connectivity index (χ1) is 10.7. The summed E-state index contributed by atoms with van der Waals surface area (Å²) in [6.07, 6.45) is 3.23. The third kappa shape index (κ3) is 2.17. The molecule has 0 saturated heterocycles. The number of carbonyl (C=O) groups is 1. The van der Waals surface area contributed by atoms with Gasteiger partial charge >= 0.3 is 0 Å². The molecule has 0 aliphatic carbocycles. The Hall–Kier alpha value is -2.94. The Morgan fingerprint density at radius 2 is 2.32 bits per heavy atom. The van der Waals surface area contributed by atoms with Crippen molar-refractivity contribution >= 4 is 5.91 Å². The average molecular weight is 297 g/mol. The van der Waals surface area contributed by atoms with Gasteiger partial charge in [0.1, 0.15) is 17.6 Å². The van der Waals surface area contributed by atoms with Crippen molar-refractivity contribution in [1.82, 2.24) is 9.88 Å². The van der Waals surface area contributed by atoms with Gasteiger partial charge in [-0.1, -0.05) is 6.07 Å². The fourth-order valence-electron chi connectivity index (χ4n) is 2.58. The fourth-order valence-corrected chi connectivity index (χ4v) is 2.58. The molecule has 1 aliphatic rings. The van der Waals surface area contributed by atoms with Gasteiger partial charge in [-0.2, -0.15) is 5.26 Å². The van der Waals surface area contributed by atoms with E-state index in [-0.39, 0.29) is 17.9 Å². The lowest BCUT2D eigenvalue weighted by Gasteiger charge is -2.19. The molecular formula is C16H12FN3O2. The average Bonchev–Trinajstić information content (AvgIpc) is 2.80. The van der Waals surface area contributed by atoms with Gasteiger partial charge in [-0.15, -0.1) is 0 Å². The molecule has 0 fully saturated rings. The van der Waals surface area contributed by atoms with Gasteiger partial charge in [-0.3, -0.25) is 9.78 Å². The lowest BCUT2D eigenvalue weighted by atomic mass is 10.0. The molecule has 6 heteroatoms. The van der Waals surface area contributed by atoms with Gasteiger partial charge in [0.15, 0.2) is 0 Å². The van der Waals surface area contributed by atoms with E-state index in [1.165, 1.54) is 18.1 Å². The zero-order chi connectivity index (χ0) is 15.7. The van der Waals surface area contributed by atoms with Crippen LogP contribution in [0.4, 0.5) is 4.39 Å². The molecule has 1 unspecified atom stereocenters. The molecule has 3 rings (SSSR count). The number of nitrogens with zero attached hydrogens (tertiary/aromatic N) is 3. The molecule has 1 aromatic heterocycles. The smallest absolute Gasteiger partial charge is 0.258 e. The lowest BCUT2D eigenvalue weighted by Crippen LogP contribution is -2.27. The van der Waals surface area contributed by atoms with Crippen LogP contribution in [0, 0.1) is 17.1 Å². The van der Waals surface area contributed by atoms with Crippen LogP contribution in [0.3, 0.4) is 0 Å². The van der Waals surface area contributed by atoms with E-state index in [1.807, 2.05) is 0 Å². The Balaban J connectivity index is 2.03. The number of carbonyl (C=O) groups excluding carboxylic acids is 1. The molecule has 5 nitrogen and oxygen atoms in total. The summed E-state index contributed by atoms with van der Waals surface area (Å²) >= 11 is 0. The molecule has 22 heavy (non-hydrogen) atoms. The molecule has 2 heterocycles. The molecule has 1 amide bonds. The van der Waals surface area contributed by atoms with Crippen molar-refractivity contribution in [2.45, 2.75) is 12.6 Å². The van der Waals surface area contributed by atoms with Gasteiger partial charge < -0.3 is 9.64 Å². The van der Waals surface area contributed by atoms with E-state index >= 15 is 0 Å². The summed E-state index contributed by atoms with van der Waals surface area (Å²) in [6, 6.07) is 7.45. The summed E-state index contributed by atoms with van der Waals surface area (Å²) in [5.74, 6) is -0.883. The Morgan fingerprint density at radius 3 is 2.95 bits per heavy atom. The van der Waals surface area contributed by atoms with E-state index in [0.29, 0.717) is 5.56 Å². The number of hydrogen-bond donors (Lipinski definition) is 0. The van der Waals surface area contributed by atoms with Crippen LogP contribution in [0.1, 0.15) is 27.5 Å². The number of ether oxygens (including phenoxy) is 1.